The predicted molar refractivity (Wildman–Crippen MR) is 26.8 cm³/mol. The average Bonchev–Trinajstić information content (AvgIpc) is 1.59. The number of nitro groups is 1. The van der Waals surface area contributed by atoms with Crippen LogP contribution in [0.5, 0.6) is 0 Å². The normalized spacial score (nSPS) is 11.2. The molecule has 0 aliphatic heterocycles. The summed E-state index contributed by atoms with van der Waals surface area (Å²) < 4.78 is 30.5. The Morgan fingerprint density at radius 1 is 1.56 bits per heavy atom. The van der Waals surface area contributed by atoms with Gasteiger partial charge in [0.05, 0.1) is 0 Å². The molecule has 0 radical (unpaired) electrons. The van der Waals surface area contributed by atoms with Crippen LogP contribution < -0.4 is 0 Å². The van der Waals surface area contributed by atoms with E-state index in [4.69, 9.17) is 0 Å². The van der Waals surface area contributed by atoms with Gasteiger partial charge in [0.25, 0.3) is 0 Å². The Kier molecular flexibility index (Phi) is 2.50. The lowest BCUT2D eigenvalue weighted by Crippen LogP contribution is -2.11. The quantitative estimate of drug-likeness (QED) is 0.316. The van der Waals surface area contributed by atoms with Crippen LogP contribution in [0, 0.1) is 10.1 Å². The van der Waals surface area contributed by atoms with E-state index >= 15 is 0 Å². The molecule has 0 aliphatic rings. The Morgan fingerprint density at radius 3 is 2.11 bits per heavy atom. The second-order valence-corrected chi connectivity index (χ2v) is 2.79. The van der Waals surface area contributed by atoms with Crippen molar-refractivity contribution in [3.8, 4) is 0 Å². The molecule has 9 heavy (non-hydrogen) atoms. The van der Waals surface area contributed by atoms with Gasteiger partial charge in [-0.15, -0.1) is 3.89 Å². The Balaban J connectivity index is 3.67. The van der Waals surface area contributed by atoms with Crippen molar-refractivity contribution < 1.29 is 17.2 Å². The fourth-order valence-corrected chi connectivity index (χ4v) is 0.551. The van der Waals surface area contributed by atoms with Gasteiger partial charge < -0.3 is 0 Å². The van der Waals surface area contributed by atoms with Gasteiger partial charge in [-0.25, -0.2) is 0 Å². The molecular weight excluding hydrogens is 153 g/mol. The molecule has 0 saturated carbocycles. The second-order valence-electron chi connectivity index (χ2n) is 1.30. The van der Waals surface area contributed by atoms with Crippen LogP contribution in [0.2, 0.25) is 0 Å². The van der Waals surface area contributed by atoms with Crippen molar-refractivity contribution in [3.05, 3.63) is 10.1 Å². The summed E-state index contributed by atoms with van der Waals surface area (Å²) in [6.45, 7) is -0.876. The van der Waals surface area contributed by atoms with Gasteiger partial charge in [-0.1, -0.05) is 0 Å². The summed E-state index contributed by atoms with van der Waals surface area (Å²) >= 11 is 0. The van der Waals surface area contributed by atoms with E-state index in [1.807, 2.05) is 0 Å². The molecule has 0 aromatic heterocycles. The predicted octanol–water partition coefficient (Wildman–Crippen LogP) is -0.438. The fraction of sp³-hybridized carbons (Fsp3) is 1.00. The first-order chi connectivity index (χ1) is 3.92. The number of halogens is 1. The first-order valence-electron chi connectivity index (χ1n) is 1.96. The zero-order chi connectivity index (χ0) is 7.49. The van der Waals surface area contributed by atoms with Gasteiger partial charge in [0.2, 0.25) is 6.54 Å². The zero-order valence-electron chi connectivity index (χ0n) is 4.28. The highest BCUT2D eigenvalue weighted by atomic mass is 32.3. The average molecular weight is 157 g/mol. The van der Waals surface area contributed by atoms with Crippen LogP contribution in [0.25, 0.3) is 0 Å². The van der Waals surface area contributed by atoms with Gasteiger partial charge in [-0.05, 0) is 0 Å². The smallest absolute Gasteiger partial charge is 0.265 e. The molecule has 0 spiro atoms. The highest BCUT2D eigenvalue weighted by molar-refractivity contribution is 7.86. The topological polar surface area (TPSA) is 77.3 Å². The number of nitrogens with zero attached hydrogens (tertiary/aromatic N) is 1. The van der Waals surface area contributed by atoms with Gasteiger partial charge >= 0.3 is 10.2 Å². The van der Waals surface area contributed by atoms with Crippen molar-refractivity contribution in [2.24, 2.45) is 0 Å². The van der Waals surface area contributed by atoms with E-state index in [1.54, 1.807) is 0 Å². The third-order valence-electron chi connectivity index (χ3n) is 0.518. The van der Waals surface area contributed by atoms with Gasteiger partial charge in [0, 0.05) is 4.92 Å². The van der Waals surface area contributed by atoms with Crippen LogP contribution in [0.3, 0.4) is 0 Å². The Labute approximate surface area is 50.8 Å². The largest absolute Gasteiger partial charge is 0.308 e. The Bertz CT molecular complexity index is 197. The summed E-state index contributed by atoms with van der Waals surface area (Å²) in [5, 5.41) is 9.42. The highest BCUT2D eigenvalue weighted by Gasteiger charge is 2.10. The van der Waals surface area contributed by atoms with E-state index in [9.17, 15) is 22.4 Å². The van der Waals surface area contributed by atoms with Crippen molar-refractivity contribution in [2.45, 2.75) is 0 Å². The molecule has 0 aliphatic carbocycles. The van der Waals surface area contributed by atoms with Crippen molar-refractivity contribution >= 4 is 10.2 Å². The maximum absolute atomic E-state index is 11.4. The number of rotatable bonds is 3. The molecule has 0 unspecified atom stereocenters. The third kappa shape index (κ3) is 7.28. The van der Waals surface area contributed by atoms with Crippen LogP contribution >= 0.6 is 0 Å². The molecule has 0 fully saturated rings. The van der Waals surface area contributed by atoms with E-state index in [-0.39, 0.29) is 0 Å². The summed E-state index contributed by atoms with van der Waals surface area (Å²) in [4.78, 5) is 8.53. The zero-order valence-corrected chi connectivity index (χ0v) is 5.10. The fourth-order valence-electron chi connectivity index (χ4n) is 0.184. The molecule has 0 rings (SSSR count). The summed E-state index contributed by atoms with van der Waals surface area (Å²) in [5.41, 5.74) is 0. The summed E-state index contributed by atoms with van der Waals surface area (Å²) in [6.07, 6.45) is 0. The van der Waals surface area contributed by atoms with Crippen molar-refractivity contribution in [3.63, 3.8) is 0 Å². The molecule has 0 bridgehead atoms. The summed E-state index contributed by atoms with van der Waals surface area (Å²) in [5.74, 6) is -1.04. The van der Waals surface area contributed by atoms with Crippen LogP contribution in [-0.2, 0) is 10.2 Å². The van der Waals surface area contributed by atoms with Crippen LogP contribution in [0.1, 0.15) is 0 Å². The van der Waals surface area contributed by atoms with Gasteiger partial charge in [-0.3, -0.25) is 10.1 Å². The minimum absolute atomic E-state index is 0.876. The summed E-state index contributed by atoms with van der Waals surface area (Å²) in [7, 11) is -4.66. The lowest BCUT2D eigenvalue weighted by Gasteiger charge is -1.86. The molecule has 0 atom stereocenters. The molecule has 0 aromatic rings. The molecule has 0 saturated heterocycles. The van der Waals surface area contributed by atoms with Gasteiger partial charge in [-0.2, -0.15) is 8.42 Å². The van der Waals surface area contributed by atoms with E-state index in [0.29, 0.717) is 0 Å². The maximum Gasteiger partial charge on any atom is 0.308 e. The lowest BCUT2D eigenvalue weighted by molar-refractivity contribution is -0.474. The molecule has 54 valence electrons. The van der Waals surface area contributed by atoms with Crippen LogP contribution in [0.4, 0.5) is 3.89 Å². The first kappa shape index (κ1) is 8.28. The molecule has 0 N–H and O–H groups in total. The van der Waals surface area contributed by atoms with Crippen molar-refractivity contribution in [1.82, 2.24) is 0 Å². The standard InChI is InChI=1S/C2H4FNO4S/c3-9(7,8)2-1-4(5)6/h1-2H2. The van der Waals surface area contributed by atoms with Crippen LogP contribution in [0.15, 0.2) is 0 Å². The van der Waals surface area contributed by atoms with E-state index < -0.39 is 27.4 Å². The first-order valence-corrected chi connectivity index (χ1v) is 3.51. The monoisotopic (exact) mass is 157 g/mol. The maximum atomic E-state index is 11.4. The van der Waals surface area contributed by atoms with Gasteiger partial charge in [0.15, 0.2) is 0 Å². The molecule has 0 heterocycles. The van der Waals surface area contributed by atoms with Gasteiger partial charge in [0.1, 0.15) is 5.75 Å². The lowest BCUT2D eigenvalue weighted by atomic mass is 10.8. The molecule has 5 nitrogen and oxygen atoms in total. The van der Waals surface area contributed by atoms with E-state index in [1.165, 1.54) is 0 Å². The minimum atomic E-state index is -4.66. The minimum Gasteiger partial charge on any atom is -0.265 e. The van der Waals surface area contributed by atoms with E-state index in [0.717, 1.165) is 0 Å². The molecule has 0 aromatic carbocycles. The Hall–Kier alpha value is -0.720. The summed E-state index contributed by atoms with van der Waals surface area (Å²) in [6, 6.07) is 0. The van der Waals surface area contributed by atoms with Crippen molar-refractivity contribution in [2.75, 3.05) is 12.3 Å². The second kappa shape index (κ2) is 2.72. The van der Waals surface area contributed by atoms with Crippen LogP contribution in [-0.4, -0.2) is 25.6 Å². The highest BCUT2D eigenvalue weighted by Crippen LogP contribution is 1.88. The molecular formula is C2H4FNO4S. The van der Waals surface area contributed by atoms with E-state index in [2.05, 4.69) is 0 Å². The number of hydrogen-bond acceptors (Lipinski definition) is 4. The Morgan fingerprint density at radius 2 is 2.00 bits per heavy atom. The van der Waals surface area contributed by atoms with Crippen molar-refractivity contribution in [1.29, 1.82) is 0 Å². The third-order valence-corrected chi connectivity index (χ3v) is 1.19. The SMILES string of the molecule is O=[N+]([O-])CCS(=O)(=O)F. The number of hydrogen-bond donors (Lipinski definition) is 0. The molecule has 7 heteroatoms. The molecule has 0 amide bonds.